The van der Waals surface area contributed by atoms with Crippen molar-refractivity contribution in [2.75, 3.05) is 5.73 Å². The number of carboxylic acids is 1. The summed E-state index contributed by atoms with van der Waals surface area (Å²) in [7, 11) is 0. The number of nitrogens with two attached hydrogens (primary N) is 1. The molecule has 0 saturated carbocycles. The number of benzene rings is 1. The molecule has 0 aliphatic carbocycles. The molecule has 2 N–H and O–H groups in total. The number of hydrogen-bond donors (Lipinski definition) is 1. The number of aromatic carboxylic acids is 1. The van der Waals surface area contributed by atoms with E-state index >= 15 is 0 Å². The van der Waals surface area contributed by atoms with E-state index in [-0.39, 0.29) is 67.7 Å². The number of nitrogen functional groups attached to an aromatic ring is 1. The van der Waals surface area contributed by atoms with E-state index in [1.807, 2.05) is 6.92 Å². The molecule has 0 aromatic heterocycles. The monoisotopic (exact) mass is 237 g/mol. The standard InChI is InChI=1S/C9H10ClNO2.K/c1-4-3-6(11)7(9(12)13)8(10)5(4)2;/h3H,11H2,1-2H3,(H,12,13);/q;+1/p-1. The van der Waals surface area contributed by atoms with Crippen LogP contribution >= 0.6 is 11.6 Å². The molecule has 1 rings (SSSR count). The topological polar surface area (TPSA) is 66.2 Å². The molecule has 14 heavy (non-hydrogen) atoms. The Morgan fingerprint density at radius 3 is 2.43 bits per heavy atom. The summed E-state index contributed by atoms with van der Waals surface area (Å²) in [6.45, 7) is 3.56. The molecule has 1 aromatic rings. The van der Waals surface area contributed by atoms with Crippen molar-refractivity contribution in [2.24, 2.45) is 0 Å². The summed E-state index contributed by atoms with van der Waals surface area (Å²) in [5.41, 5.74) is 7.10. The van der Waals surface area contributed by atoms with E-state index in [0.717, 1.165) is 11.1 Å². The summed E-state index contributed by atoms with van der Waals surface area (Å²) < 4.78 is 0. The number of carbonyl (C=O) groups is 1. The first-order valence-electron chi connectivity index (χ1n) is 3.71. The van der Waals surface area contributed by atoms with Crippen molar-refractivity contribution in [1.29, 1.82) is 0 Å². The number of carboxylic acid groups (broad SMARTS) is 1. The second-order valence-electron chi connectivity index (χ2n) is 2.88. The van der Waals surface area contributed by atoms with Crippen LogP contribution in [0.25, 0.3) is 0 Å². The zero-order chi connectivity index (χ0) is 10.2. The number of hydrogen-bond acceptors (Lipinski definition) is 3. The molecule has 0 aliphatic heterocycles. The van der Waals surface area contributed by atoms with Gasteiger partial charge in [-0.25, -0.2) is 0 Å². The Bertz CT molecular complexity index is 380. The first-order valence-corrected chi connectivity index (χ1v) is 4.09. The molecule has 70 valence electrons. The van der Waals surface area contributed by atoms with E-state index in [2.05, 4.69) is 0 Å². The van der Waals surface area contributed by atoms with Crippen molar-refractivity contribution in [3.05, 3.63) is 27.8 Å². The van der Waals surface area contributed by atoms with Crippen LogP contribution < -0.4 is 62.2 Å². The minimum atomic E-state index is -1.34. The predicted molar refractivity (Wildman–Crippen MR) is 49.7 cm³/mol. The predicted octanol–water partition coefficient (Wildman–Crippen LogP) is -2.09. The Labute approximate surface area is 130 Å². The fourth-order valence-electron chi connectivity index (χ4n) is 1.11. The Kier molecular flexibility index (Phi) is 5.65. The molecule has 5 heteroatoms. The molecule has 1 aromatic carbocycles. The molecule has 0 bridgehead atoms. The molecule has 0 aliphatic rings. The molecule has 0 unspecified atom stereocenters. The van der Waals surface area contributed by atoms with E-state index in [0.29, 0.717) is 0 Å². The van der Waals surface area contributed by atoms with Crippen molar-refractivity contribution in [1.82, 2.24) is 0 Å². The summed E-state index contributed by atoms with van der Waals surface area (Å²) in [6, 6.07) is 1.58. The van der Waals surface area contributed by atoms with Crippen LogP contribution in [0.15, 0.2) is 6.07 Å². The summed E-state index contributed by atoms with van der Waals surface area (Å²) in [5, 5.41) is 10.8. The van der Waals surface area contributed by atoms with E-state index in [4.69, 9.17) is 17.3 Å². The van der Waals surface area contributed by atoms with Crippen LogP contribution in [0.1, 0.15) is 21.5 Å². The van der Waals surface area contributed by atoms with Crippen molar-refractivity contribution in [2.45, 2.75) is 13.8 Å². The molecule has 0 amide bonds. The second-order valence-corrected chi connectivity index (χ2v) is 3.26. The fourth-order valence-corrected chi connectivity index (χ4v) is 1.44. The van der Waals surface area contributed by atoms with Crippen molar-refractivity contribution in [3.63, 3.8) is 0 Å². The van der Waals surface area contributed by atoms with Crippen LogP contribution in [0.2, 0.25) is 5.02 Å². The first-order chi connectivity index (χ1) is 5.95. The minimum Gasteiger partial charge on any atom is -0.545 e. The maximum atomic E-state index is 10.6. The van der Waals surface area contributed by atoms with Gasteiger partial charge in [-0.05, 0) is 31.0 Å². The van der Waals surface area contributed by atoms with Gasteiger partial charge in [0.2, 0.25) is 0 Å². The van der Waals surface area contributed by atoms with E-state index in [9.17, 15) is 9.90 Å². The van der Waals surface area contributed by atoms with Gasteiger partial charge in [0, 0.05) is 11.3 Å². The Balaban J connectivity index is 0.00000169. The SMILES string of the molecule is Cc1cc(N)c(C(=O)[O-])c(Cl)c1C.[K+]. The average Bonchev–Trinajstić information content (AvgIpc) is 1.99. The quantitative estimate of drug-likeness (QED) is 0.450. The molecule has 0 saturated heterocycles. The van der Waals surface area contributed by atoms with Crippen LogP contribution in [-0.2, 0) is 0 Å². The van der Waals surface area contributed by atoms with Crippen LogP contribution in [-0.4, -0.2) is 5.97 Å². The van der Waals surface area contributed by atoms with E-state index in [1.165, 1.54) is 0 Å². The third-order valence-corrected chi connectivity index (χ3v) is 2.48. The first kappa shape index (κ1) is 14.4. The summed E-state index contributed by atoms with van der Waals surface area (Å²) in [5.74, 6) is -1.34. The maximum absolute atomic E-state index is 10.6. The van der Waals surface area contributed by atoms with Crippen LogP contribution in [0.4, 0.5) is 5.69 Å². The fraction of sp³-hybridized carbons (Fsp3) is 0.222. The van der Waals surface area contributed by atoms with Gasteiger partial charge in [0.1, 0.15) is 0 Å². The molecular weight excluding hydrogens is 229 g/mol. The number of rotatable bonds is 1. The summed E-state index contributed by atoms with van der Waals surface area (Å²) in [4.78, 5) is 10.6. The zero-order valence-electron chi connectivity index (χ0n) is 8.35. The Morgan fingerprint density at radius 1 is 1.50 bits per heavy atom. The van der Waals surface area contributed by atoms with Crippen LogP contribution in [0, 0.1) is 13.8 Å². The van der Waals surface area contributed by atoms with Gasteiger partial charge in [-0.3, -0.25) is 0 Å². The number of anilines is 1. The molecule has 0 fully saturated rings. The van der Waals surface area contributed by atoms with Crippen LogP contribution in [0.5, 0.6) is 0 Å². The Hall–Kier alpha value is 0.416. The van der Waals surface area contributed by atoms with Gasteiger partial charge in [0.05, 0.1) is 11.0 Å². The maximum Gasteiger partial charge on any atom is 1.00 e. The average molecular weight is 238 g/mol. The molecule has 0 spiro atoms. The van der Waals surface area contributed by atoms with E-state index < -0.39 is 5.97 Å². The van der Waals surface area contributed by atoms with Gasteiger partial charge in [0.15, 0.2) is 0 Å². The van der Waals surface area contributed by atoms with Crippen molar-refractivity contribution in [3.8, 4) is 0 Å². The van der Waals surface area contributed by atoms with Gasteiger partial charge < -0.3 is 15.6 Å². The zero-order valence-corrected chi connectivity index (χ0v) is 12.2. The Morgan fingerprint density at radius 2 is 2.00 bits per heavy atom. The normalized spacial score (nSPS) is 9.36. The van der Waals surface area contributed by atoms with Crippen LogP contribution in [0.3, 0.4) is 0 Å². The van der Waals surface area contributed by atoms with Gasteiger partial charge in [-0.1, -0.05) is 11.6 Å². The number of aryl methyl sites for hydroxylation is 1. The summed E-state index contributed by atoms with van der Waals surface area (Å²) in [6.07, 6.45) is 0. The van der Waals surface area contributed by atoms with E-state index in [1.54, 1.807) is 13.0 Å². The molecule has 3 nitrogen and oxygen atoms in total. The van der Waals surface area contributed by atoms with Gasteiger partial charge >= 0.3 is 51.4 Å². The molecule has 0 radical (unpaired) electrons. The summed E-state index contributed by atoms with van der Waals surface area (Å²) >= 11 is 5.80. The molecule has 0 heterocycles. The van der Waals surface area contributed by atoms with Gasteiger partial charge in [0.25, 0.3) is 0 Å². The minimum absolute atomic E-state index is 0. The van der Waals surface area contributed by atoms with Gasteiger partial charge in [-0.2, -0.15) is 0 Å². The second kappa shape index (κ2) is 5.49. The van der Waals surface area contributed by atoms with Gasteiger partial charge in [-0.15, -0.1) is 0 Å². The van der Waals surface area contributed by atoms with Crippen molar-refractivity contribution < 1.29 is 61.3 Å². The smallest absolute Gasteiger partial charge is 0.545 e. The number of halogens is 1. The largest absolute Gasteiger partial charge is 1.00 e. The third-order valence-electron chi connectivity index (χ3n) is 2.01. The van der Waals surface area contributed by atoms with Crippen molar-refractivity contribution >= 4 is 23.3 Å². The molecular formula is C9H9ClKNO2. The third kappa shape index (κ3) is 2.71. The number of carbonyl (C=O) groups excluding carboxylic acids is 1. The molecule has 0 atom stereocenters.